The van der Waals surface area contributed by atoms with Gasteiger partial charge in [0, 0.05) is 12.2 Å². The zero-order valence-corrected chi connectivity index (χ0v) is 14.7. The average Bonchev–Trinajstić information content (AvgIpc) is 2.68. The van der Waals surface area contributed by atoms with E-state index in [1.807, 2.05) is 30.3 Å². The minimum atomic E-state index is -0.0302. The highest BCUT2D eigenvalue weighted by Crippen LogP contribution is 2.32. The molecule has 0 amide bonds. The van der Waals surface area contributed by atoms with Crippen molar-refractivity contribution >= 4 is 0 Å². The summed E-state index contributed by atoms with van der Waals surface area (Å²) in [6.45, 7) is 1.23. The summed E-state index contributed by atoms with van der Waals surface area (Å²) in [4.78, 5) is 0. The van der Waals surface area contributed by atoms with E-state index in [1.165, 1.54) is 0 Å². The van der Waals surface area contributed by atoms with Crippen molar-refractivity contribution in [3.63, 3.8) is 0 Å². The standard InChI is InChI=1S/C20H25O6/c21-9-8-19-18(16-4-6-17(7-5-16)25-13-11-23)2-1-3-20(19)26-15-14-24-12-10-22/h1,3-7,21-23H,8-15H2. The third-order valence-electron chi connectivity index (χ3n) is 3.65. The van der Waals surface area contributed by atoms with Gasteiger partial charge in [-0.1, -0.05) is 18.2 Å². The molecule has 0 aliphatic heterocycles. The summed E-state index contributed by atoms with van der Waals surface area (Å²) in [5, 5.41) is 27.0. The Morgan fingerprint density at radius 1 is 0.769 bits per heavy atom. The number of aliphatic hydroxyl groups excluding tert-OH is 3. The highest BCUT2D eigenvalue weighted by atomic mass is 16.5. The van der Waals surface area contributed by atoms with Crippen LogP contribution in [0.25, 0.3) is 11.1 Å². The van der Waals surface area contributed by atoms with Crippen molar-refractivity contribution in [1.29, 1.82) is 0 Å². The van der Waals surface area contributed by atoms with Crippen LogP contribution in [0.1, 0.15) is 5.56 Å². The molecule has 0 unspecified atom stereocenters. The molecule has 0 aliphatic carbocycles. The van der Waals surface area contributed by atoms with E-state index in [0.717, 1.165) is 16.7 Å². The van der Waals surface area contributed by atoms with Crippen LogP contribution in [0.3, 0.4) is 0 Å². The predicted octanol–water partition coefficient (Wildman–Crippen LogP) is 1.45. The van der Waals surface area contributed by atoms with E-state index in [2.05, 4.69) is 6.07 Å². The lowest BCUT2D eigenvalue weighted by atomic mass is 9.97. The quantitative estimate of drug-likeness (QED) is 0.496. The van der Waals surface area contributed by atoms with E-state index in [4.69, 9.17) is 24.4 Å². The molecule has 141 valence electrons. The molecule has 6 nitrogen and oxygen atoms in total. The number of rotatable bonds is 12. The smallest absolute Gasteiger partial charge is 0.123 e. The SMILES string of the molecule is OCCOCCOc1cc[c]c(-c2ccc(OCCO)cc2)c1CCO. The summed E-state index contributed by atoms with van der Waals surface area (Å²) >= 11 is 0. The summed E-state index contributed by atoms with van der Waals surface area (Å²) < 4.78 is 16.4. The molecule has 0 heterocycles. The van der Waals surface area contributed by atoms with Crippen molar-refractivity contribution in [3.05, 3.63) is 48.0 Å². The number of ether oxygens (including phenoxy) is 3. The zero-order chi connectivity index (χ0) is 18.6. The van der Waals surface area contributed by atoms with Crippen LogP contribution in [0, 0.1) is 6.07 Å². The average molecular weight is 361 g/mol. The van der Waals surface area contributed by atoms with E-state index in [0.29, 0.717) is 31.1 Å². The van der Waals surface area contributed by atoms with Crippen molar-refractivity contribution < 1.29 is 29.5 Å². The highest BCUT2D eigenvalue weighted by molar-refractivity contribution is 5.70. The number of hydrogen-bond acceptors (Lipinski definition) is 6. The van der Waals surface area contributed by atoms with Gasteiger partial charge in [-0.25, -0.2) is 0 Å². The Morgan fingerprint density at radius 2 is 1.54 bits per heavy atom. The topological polar surface area (TPSA) is 88.4 Å². The van der Waals surface area contributed by atoms with Gasteiger partial charge in [0.2, 0.25) is 0 Å². The van der Waals surface area contributed by atoms with Gasteiger partial charge in [-0.15, -0.1) is 0 Å². The van der Waals surface area contributed by atoms with Gasteiger partial charge in [0.25, 0.3) is 0 Å². The van der Waals surface area contributed by atoms with E-state index in [1.54, 1.807) is 6.07 Å². The molecule has 0 saturated heterocycles. The van der Waals surface area contributed by atoms with Crippen LogP contribution in [0.4, 0.5) is 0 Å². The molecule has 0 fully saturated rings. The Bertz CT molecular complexity index is 641. The van der Waals surface area contributed by atoms with Crippen LogP contribution in [0.15, 0.2) is 36.4 Å². The molecule has 1 radical (unpaired) electrons. The first-order valence-corrected chi connectivity index (χ1v) is 8.60. The molecular formula is C20H25O6. The second-order valence-electron chi connectivity index (χ2n) is 5.45. The van der Waals surface area contributed by atoms with Gasteiger partial charge < -0.3 is 29.5 Å². The van der Waals surface area contributed by atoms with Crippen molar-refractivity contribution in [2.24, 2.45) is 0 Å². The zero-order valence-electron chi connectivity index (χ0n) is 14.7. The second kappa shape index (κ2) is 11.5. The Hall–Kier alpha value is -2.12. The van der Waals surface area contributed by atoms with E-state index >= 15 is 0 Å². The Labute approximate surface area is 153 Å². The normalized spacial score (nSPS) is 10.7. The van der Waals surface area contributed by atoms with Crippen LogP contribution < -0.4 is 9.47 Å². The van der Waals surface area contributed by atoms with Crippen molar-refractivity contribution in [1.82, 2.24) is 0 Å². The second-order valence-corrected chi connectivity index (χ2v) is 5.45. The Balaban J connectivity index is 2.15. The molecule has 3 N–H and O–H groups in total. The van der Waals surface area contributed by atoms with Gasteiger partial charge in [0.15, 0.2) is 0 Å². The molecule has 0 aromatic heterocycles. The van der Waals surface area contributed by atoms with Crippen molar-refractivity contribution in [2.45, 2.75) is 6.42 Å². The summed E-state index contributed by atoms with van der Waals surface area (Å²) in [7, 11) is 0. The van der Waals surface area contributed by atoms with Crippen molar-refractivity contribution in [2.75, 3.05) is 46.2 Å². The molecular weight excluding hydrogens is 336 g/mol. The van der Waals surface area contributed by atoms with Crippen molar-refractivity contribution in [3.8, 4) is 22.6 Å². The molecule has 0 aliphatic rings. The summed E-state index contributed by atoms with van der Waals surface area (Å²) in [5.74, 6) is 1.36. The maximum absolute atomic E-state index is 9.43. The maximum atomic E-state index is 9.43. The van der Waals surface area contributed by atoms with Crippen LogP contribution in [-0.2, 0) is 11.2 Å². The lowest BCUT2D eigenvalue weighted by Gasteiger charge is -2.15. The fourth-order valence-corrected chi connectivity index (χ4v) is 2.52. The number of hydrogen-bond donors (Lipinski definition) is 3. The van der Waals surface area contributed by atoms with Crippen LogP contribution in [0.5, 0.6) is 11.5 Å². The van der Waals surface area contributed by atoms with Gasteiger partial charge in [-0.05, 0) is 41.8 Å². The number of benzene rings is 2. The first-order chi connectivity index (χ1) is 12.8. The fourth-order valence-electron chi connectivity index (χ4n) is 2.52. The largest absolute Gasteiger partial charge is 0.491 e. The van der Waals surface area contributed by atoms with Gasteiger partial charge in [0.05, 0.1) is 26.4 Å². The molecule has 0 bridgehead atoms. The summed E-state index contributed by atoms with van der Waals surface area (Å²) in [6, 6.07) is 14.3. The molecule has 2 aromatic rings. The van der Waals surface area contributed by atoms with E-state index in [9.17, 15) is 5.11 Å². The maximum Gasteiger partial charge on any atom is 0.123 e. The van der Waals surface area contributed by atoms with Crippen LogP contribution in [-0.4, -0.2) is 61.6 Å². The molecule has 2 aromatic carbocycles. The summed E-state index contributed by atoms with van der Waals surface area (Å²) in [5.41, 5.74) is 2.68. The highest BCUT2D eigenvalue weighted by Gasteiger charge is 2.12. The van der Waals surface area contributed by atoms with Gasteiger partial charge in [0.1, 0.15) is 24.7 Å². The molecule has 2 rings (SSSR count). The summed E-state index contributed by atoms with van der Waals surface area (Å²) in [6.07, 6.45) is 0.447. The van der Waals surface area contributed by atoms with Crippen LogP contribution in [0.2, 0.25) is 0 Å². The Morgan fingerprint density at radius 3 is 2.23 bits per heavy atom. The molecule has 6 heteroatoms. The first-order valence-electron chi connectivity index (χ1n) is 8.60. The van der Waals surface area contributed by atoms with E-state index in [-0.39, 0.29) is 33.0 Å². The fraction of sp³-hybridized carbons (Fsp3) is 0.400. The predicted molar refractivity (Wildman–Crippen MR) is 97.5 cm³/mol. The third kappa shape index (κ3) is 6.00. The number of aliphatic hydroxyl groups is 3. The Kier molecular flexibility index (Phi) is 8.92. The minimum Gasteiger partial charge on any atom is -0.491 e. The third-order valence-corrected chi connectivity index (χ3v) is 3.65. The molecule has 26 heavy (non-hydrogen) atoms. The first kappa shape index (κ1) is 20.2. The molecule has 0 spiro atoms. The van der Waals surface area contributed by atoms with Gasteiger partial charge in [-0.3, -0.25) is 0 Å². The lowest BCUT2D eigenvalue weighted by molar-refractivity contribution is 0.0702. The van der Waals surface area contributed by atoms with Crippen LogP contribution >= 0.6 is 0 Å². The van der Waals surface area contributed by atoms with Gasteiger partial charge in [-0.2, -0.15) is 0 Å². The minimum absolute atomic E-state index is 0.0000790. The lowest BCUT2D eigenvalue weighted by Crippen LogP contribution is -2.10. The van der Waals surface area contributed by atoms with Gasteiger partial charge >= 0.3 is 0 Å². The monoisotopic (exact) mass is 361 g/mol. The van der Waals surface area contributed by atoms with E-state index < -0.39 is 0 Å². The molecule has 0 atom stereocenters. The molecule has 0 saturated carbocycles.